The van der Waals surface area contributed by atoms with Gasteiger partial charge in [-0.2, -0.15) is 4.68 Å². The van der Waals surface area contributed by atoms with Crippen LogP contribution in [0.4, 0.5) is 0 Å². The largest absolute Gasteiger partial charge is 0.282 e. The molecule has 0 aromatic heterocycles. The van der Waals surface area contributed by atoms with Gasteiger partial charge in [0.05, 0.1) is 5.52 Å². The number of benzene rings is 1. The van der Waals surface area contributed by atoms with Gasteiger partial charge in [0.25, 0.3) is 0 Å². The van der Waals surface area contributed by atoms with E-state index in [0.29, 0.717) is 0 Å². The van der Waals surface area contributed by atoms with Gasteiger partial charge in [0.15, 0.2) is 0 Å². The van der Waals surface area contributed by atoms with E-state index in [2.05, 4.69) is 11.6 Å². The quantitative estimate of drug-likeness (QED) is 0.413. The molecule has 3 heterocycles. The second-order valence-corrected chi connectivity index (χ2v) is 3.11. The molecule has 0 aliphatic carbocycles. The highest BCUT2D eigenvalue weighted by molar-refractivity contribution is 6.62. The molecular weight excluding hydrogens is 194 g/mol. The second-order valence-electron chi connectivity index (χ2n) is 2.57. The summed E-state index contributed by atoms with van der Waals surface area (Å²) in [6.45, 7) is 1.29. The van der Waals surface area contributed by atoms with Crippen LogP contribution < -0.4 is 0 Å². The van der Waals surface area contributed by atoms with Gasteiger partial charge in [-0.25, -0.2) is 0 Å². The van der Waals surface area contributed by atoms with Crippen molar-refractivity contribution < 1.29 is 14.1 Å². The standard InChI is InChI=1S/C6H3NO2.C2H3ClO/c1-2-6-5-3-4(1)7(5)9-8-6;1-2(3)4/h1-3H;1H3. The summed E-state index contributed by atoms with van der Waals surface area (Å²) in [6, 6.07) is 5.87. The van der Waals surface area contributed by atoms with Crippen LogP contribution in [0.2, 0.25) is 0 Å². The number of hydrogen-bond donors (Lipinski definition) is 0. The van der Waals surface area contributed by atoms with Crippen LogP contribution in [0.25, 0.3) is 16.8 Å². The first kappa shape index (κ1) is 8.19. The lowest BCUT2D eigenvalue weighted by molar-refractivity contribution is -0.109. The van der Waals surface area contributed by atoms with E-state index in [1.54, 1.807) is 4.74 Å². The van der Waals surface area contributed by atoms with Crippen LogP contribution in [-0.4, -0.2) is 9.98 Å². The number of nitrogens with zero attached hydrogens (tertiary/aromatic N) is 1. The maximum absolute atomic E-state index is 9.21. The van der Waals surface area contributed by atoms with Crippen molar-refractivity contribution in [2.24, 2.45) is 0 Å². The molecule has 0 radical (unpaired) electrons. The van der Waals surface area contributed by atoms with E-state index in [1.165, 1.54) is 6.92 Å². The molecule has 3 aliphatic heterocycles. The molecule has 0 atom stereocenters. The Morgan fingerprint density at radius 1 is 1.54 bits per heavy atom. The molecule has 5 heteroatoms. The topological polar surface area (TPSA) is 48.3 Å². The van der Waals surface area contributed by atoms with E-state index >= 15 is 0 Å². The monoisotopic (exact) mass is 199 g/mol. The fraction of sp³-hybridized carbons (Fsp3) is 0.125. The van der Waals surface area contributed by atoms with Crippen molar-refractivity contribution in [3.63, 3.8) is 0 Å². The van der Waals surface area contributed by atoms with E-state index in [-0.39, 0.29) is 5.24 Å². The summed E-state index contributed by atoms with van der Waals surface area (Å²) in [5, 5.41) is -0.361. The zero-order chi connectivity index (χ0) is 9.42. The van der Waals surface area contributed by atoms with E-state index in [4.69, 9.17) is 9.26 Å². The summed E-state index contributed by atoms with van der Waals surface area (Å²) < 4.78 is 11.2. The lowest BCUT2D eigenvalue weighted by Crippen LogP contribution is -1.99. The SMILES string of the molecule is CC(=O)Cl.c1cc2cc3c1oon2-3. The average molecular weight is 200 g/mol. The molecule has 0 fully saturated rings. The third kappa shape index (κ3) is 1.29. The van der Waals surface area contributed by atoms with Crippen LogP contribution in [-0.2, 0) is 4.79 Å². The van der Waals surface area contributed by atoms with Gasteiger partial charge < -0.3 is 0 Å². The molecule has 0 unspecified atom stereocenters. The molecule has 4 bridgehead atoms. The highest BCUT2D eigenvalue weighted by Crippen LogP contribution is 2.30. The first-order chi connectivity index (χ1) is 6.18. The minimum Gasteiger partial charge on any atom is -0.282 e. The van der Waals surface area contributed by atoms with Crippen molar-refractivity contribution in [2.45, 2.75) is 6.92 Å². The second kappa shape index (κ2) is 2.81. The van der Waals surface area contributed by atoms with E-state index in [9.17, 15) is 4.79 Å². The Hall–Kier alpha value is -1.42. The number of carbonyl (C=O) groups excluding carboxylic acids is 1. The maximum Gasteiger partial charge on any atom is 0.218 e. The Kier molecular flexibility index (Phi) is 1.77. The Balaban J connectivity index is 0.000000144. The summed E-state index contributed by atoms with van der Waals surface area (Å²) in [7, 11) is 0. The number of carbonyl (C=O) groups is 1. The average Bonchev–Trinajstić information content (AvgIpc) is 2.22. The molecule has 0 spiro atoms. The zero-order valence-electron chi connectivity index (χ0n) is 6.78. The lowest BCUT2D eigenvalue weighted by atomic mass is 10.2. The van der Waals surface area contributed by atoms with Gasteiger partial charge in [-0.15, -0.1) is 4.74 Å². The fourth-order valence-corrected chi connectivity index (χ4v) is 1.09. The van der Waals surface area contributed by atoms with Crippen LogP contribution >= 0.6 is 11.6 Å². The molecule has 0 amide bonds. The smallest absolute Gasteiger partial charge is 0.218 e. The molecule has 0 saturated heterocycles. The summed E-state index contributed by atoms with van der Waals surface area (Å²) in [6.07, 6.45) is 0. The highest BCUT2D eigenvalue weighted by Gasteiger charge is 2.18. The Morgan fingerprint density at radius 2 is 2.23 bits per heavy atom. The Morgan fingerprint density at radius 3 is 2.69 bits per heavy atom. The van der Waals surface area contributed by atoms with Crippen LogP contribution in [0.3, 0.4) is 0 Å². The van der Waals surface area contributed by atoms with Gasteiger partial charge >= 0.3 is 0 Å². The van der Waals surface area contributed by atoms with Crippen molar-refractivity contribution in [2.75, 3.05) is 0 Å². The molecule has 0 N–H and O–H groups in total. The van der Waals surface area contributed by atoms with E-state index in [1.807, 2.05) is 18.2 Å². The number of fused-ring (bicyclic) bond motifs is 1. The summed E-state index contributed by atoms with van der Waals surface area (Å²) in [5.74, 6) is 0. The molecule has 1 aromatic carbocycles. The molecule has 68 valence electrons. The number of pyridine rings is 1. The lowest BCUT2D eigenvalue weighted by Gasteiger charge is -2.05. The maximum atomic E-state index is 9.21. The third-order valence-electron chi connectivity index (χ3n) is 1.60. The molecule has 1 aromatic rings. The van der Waals surface area contributed by atoms with Gasteiger partial charge in [-0.3, -0.25) is 9.37 Å². The predicted octanol–water partition coefficient (Wildman–Crippen LogP) is 2.46. The van der Waals surface area contributed by atoms with Crippen molar-refractivity contribution >= 4 is 27.9 Å². The first-order valence-electron chi connectivity index (χ1n) is 3.63. The fourth-order valence-electron chi connectivity index (χ4n) is 1.09. The van der Waals surface area contributed by atoms with E-state index < -0.39 is 0 Å². The van der Waals surface area contributed by atoms with Gasteiger partial charge in [-0.05, 0) is 29.8 Å². The number of aromatic nitrogens is 1. The molecule has 3 aliphatic rings. The number of rotatable bonds is 0. The van der Waals surface area contributed by atoms with E-state index in [0.717, 1.165) is 16.8 Å². The van der Waals surface area contributed by atoms with Crippen LogP contribution in [0.1, 0.15) is 6.92 Å². The van der Waals surface area contributed by atoms with Gasteiger partial charge in [0.2, 0.25) is 10.8 Å². The van der Waals surface area contributed by atoms with Gasteiger partial charge in [-0.1, -0.05) is 0 Å². The minimum absolute atomic E-state index is 0.361. The zero-order valence-corrected chi connectivity index (χ0v) is 7.54. The van der Waals surface area contributed by atoms with Crippen LogP contribution in [0, 0.1) is 0 Å². The number of halogens is 1. The molecule has 4 rings (SSSR count). The first-order valence-corrected chi connectivity index (χ1v) is 4.01. The normalized spacial score (nSPS) is 10.6. The van der Waals surface area contributed by atoms with Gasteiger partial charge in [0, 0.05) is 6.92 Å². The Bertz CT molecular complexity index is 463. The summed E-state index contributed by atoms with van der Waals surface area (Å²) in [4.78, 5) is 9.21. The number of hydrogen-bond acceptors (Lipinski definition) is 3. The Labute approximate surface area is 78.2 Å². The van der Waals surface area contributed by atoms with Crippen LogP contribution in [0.15, 0.2) is 27.5 Å². The molecular formula is C8H6ClNO3. The highest BCUT2D eigenvalue weighted by atomic mass is 35.5. The van der Waals surface area contributed by atoms with Gasteiger partial charge in [0.1, 0.15) is 5.69 Å². The molecule has 4 nitrogen and oxygen atoms in total. The summed E-state index contributed by atoms with van der Waals surface area (Å²) >= 11 is 4.64. The van der Waals surface area contributed by atoms with Crippen LogP contribution in [0.5, 0.6) is 0 Å². The molecule has 13 heavy (non-hydrogen) atoms. The summed E-state index contributed by atoms with van der Waals surface area (Å²) in [5.41, 5.74) is 2.91. The van der Waals surface area contributed by atoms with Crippen molar-refractivity contribution in [1.82, 2.24) is 4.74 Å². The van der Waals surface area contributed by atoms with Crippen molar-refractivity contribution in [3.05, 3.63) is 18.2 Å². The predicted molar refractivity (Wildman–Crippen MR) is 46.7 cm³/mol. The van der Waals surface area contributed by atoms with Crippen molar-refractivity contribution in [3.8, 4) is 5.69 Å². The minimum atomic E-state index is -0.361. The third-order valence-corrected chi connectivity index (χ3v) is 1.60. The van der Waals surface area contributed by atoms with Crippen molar-refractivity contribution in [1.29, 1.82) is 0 Å². The molecule has 0 saturated carbocycles.